The molecule has 5 heterocycles. The third kappa shape index (κ3) is 7.89. The highest BCUT2D eigenvalue weighted by Gasteiger charge is 2.45. The minimum atomic E-state index is -3.83. The van der Waals surface area contributed by atoms with Gasteiger partial charge in [0.25, 0.3) is 0 Å². The first-order valence-electron chi connectivity index (χ1n) is 20.2. The summed E-state index contributed by atoms with van der Waals surface area (Å²) in [5, 5.41) is 2.52. The number of ether oxygens (including phenoxy) is 3. The third-order valence-electron chi connectivity index (χ3n) is 11.8. The summed E-state index contributed by atoms with van der Waals surface area (Å²) in [6, 6.07) is 8.50. The fourth-order valence-corrected chi connectivity index (χ4v) is 16.3. The summed E-state index contributed by atoms with van der Waals surface area (Å²) in [7, 11) is -4.54. The number of piperazine rings is 1. The normalized spacial score (nSPS) is 17.5. The third-order valence-corrected chi connectivity index (χ3v) is 20.1. The van der Waals surface area contributed by atoms with Crippen molar-refractivity contribution in [2.45, 2.75) is 115 Å². The molecule has 3 aromatic heterocycles. The van der Waals surface area contributed by atoms with Crippen molar-refractivity contribution < 1.29 is 31.8 Å². The number of methoxy groups -OCH3 is 1. The standard InChI is InChI=1S/C44H54FN5O6S2Si/c1-25(2)59(26(3)4,27(5)6)19-17-32-35(45)15-12-28-20-31(55-24-54-10)21-34(36(28)32)38-39-33(16-18-46-38)37-40(47-42(58(11,52)53)48-41(37)57-39)49-22-29-13-14-30(23-49)50(29)43(51)56-44(7,8)9/h12,15-16,18,20-21,25-27,29-30H,13-14,22-24H2,1-11H3. The molecule has 1 amide bonds. The Hall–Kier alpha value is -4.36. The first kappa shape index (κ1) is 42.8. The highest BCUT2D eigenvalue weighted by molar-refractivity contribution is 7.90. The number of carbonyl (C=O) groups excluding carboxylic acids is 1. The molecule has 0 spiro atoms. The molecule has 0 aliphatic carbocycles. The van der Waals surface area contributed by atoms with Crippen LogP contribution in [-0.2, 0) is 19.3 Å². The van der Waals surface area contributed by atoms with Gasteiger partial charge in [0.05, 0.1) is 33.4 Å². The van der Waals surface area contributed by atoms with Gasteiger partial charge in [-0.1, -0.05) is 53.5 Å². The Balaban J connectivity index is 1.46. The maximum absolute atomic E-state index is 16.4. The van der Waals surface area contributed by atoms with E-state index in [0.717, 1.165) is 34.6 Å². The number of rotatable bonds is 9. The lowest BCUT2D eigenvalue weighted by Gasteiger charge is -2.42. The highest BCUT2D eigenvalue weighted by atomic mass is 32.2. The van der Waals surface area contributed by atoms with Gasteiger partial charge in [0.2, 0.25) is 15.0 Å². The molecule has 5 aromatic rings. The molecular formula is C44H54FN5O6S2Si. The van der Waals surface area contributed by atoms with E-state index >= 15 is 4.39 Å². The highest BCUT2D eigenvalue weighted by Crippen LogP contribution is 2.46. The summed E-state index contributed by atoms with van der Waals surface area (Å²) < 4.78 is 60.4. The van der Waals surface area contributed by atoms with E-state index in [-0.39, 0.29) is 30.1 Å². The number of nitrogens with zero attached hydrogens (tertiary/aromatic N) is 5. The minimum Gasteiger partial charge on any atom is -0.468 e. The second kappa shape index (κ2) is 15.9. The SMILES string of the molecule is COCOc1cc(-c2nccc3c2sc2nc(S(C)(=O)=O)nc(N4CC5CCC(C4)N5C(=O)OC(C)(C)C)c23)c2c(C#C[Si](C(C)C)(C(C)C)C(C)C)c(F)ccc2c1. The van der Waals surface area contributed by atoms with Crippen LogP contribution in [-0.4, -0.2) is 93.4 Å². The Bertz CT molecular complexity index is 2600. The van der Waals surface area contributed by atoms with Crippen LogP contribution < -0.4 is 9.64 Å². The van der Waals surface area contributed by atoms with Crippen LogP contribution in [0.2, 0.25) is 16.6 Å². The van der Waals surface area contributed by atoms with Crippen molar-refractivity contribution in [2.75, 3.05) is 38.1 Å². The Morgan fingerprint density at radius 1 is 1.00 bits per heavy atom. The molecule has 59 heavy (non-hydrogen) atoms. The second-order valence-corrected chi connectivity index (χ2v) is 26.3. The number of fused-ring (bicyclic) bond motifs is 6. The molecule has 2 aromatic carbocycles. The van der Waals surface area contributed by atoms with Gasteiger partial charge in [-0.3, -0.25) is 9.88 Å². The smallest absolute Gasteiger partial charge is 0.410 e. The Morgan fingerprint density at radius 2 is 1.66 bits per heavy atom. The molecular weight excluding hydrogens is 806 g/mol. The molecule has 15 heteroatoms. The number of carbonyl (C=O) groups is 1. The molecule has 0 N–H and O–H groups in total. The predicted octanol–water partition coefficient (Wildman–Crippen LogP) is 9.74. The van der Waals surface area contributed by atoms with Crippen molar-refractivity contribution in [3.8, 4) is 28.5 Å². The van der Waals surface area contributed by atoms with Gasteiger partial charge in [0.15, 0.2) is 6.79 Å². The minimum absolute atomic E-state index is 0.000995. The molecule has 2 bridgehead atoms. The van der Waals surface area contributed by atoms with E-state index in [9.17, 15) is 13.2 Å². The molecule has 0 radical (unpaired) electrons. The number of benzene rings is 2. The van der Waals surface area contributed by atoms with Gasteiger partial charge in [-0.25, -0.2) is 27.6 Å². The summed E-state index contributed by atoms with van der Waals surface area (Å²) in [5.41, 5.74) is 5.59. The molecule has 11 nitrogen and oxygen atoms in total. The van der Waals surface area contributed by atoms with Crippen molar-refractivity contribution in [1.82, 2.24) is 19.9 Å². The number of hydrogen-bond donors (Lipinski definition) is 0. The number of anilines is 1. The van der Waals surface area contributed by atoms with Gasteiger partial charge < -0.3 is 19.1 Å². The summed E-state index contributed by atoms with van der Waals surface area (Å²) in [5.74, 6) is 3.98. The maximum atomic E-state index is 16.4. The molecule has 2 saturated heterocycles. The van der Waals surface area contributed by atoms with E-state index in [4.69, 9.17) is 24.2 Å². The maximum Gasteiger partial charge on any atom is 0.410 e. The van der Waals surface area contributed by atoms with Crippen LogP contribution in [0.3, 0.4) is 0 Å². The summed E-state index contributed by atoms with van der Waals surface area (Å²) in [4.78, 5) is 32.1. The number of amides is 1. The quantitative estimate of drug-likeness (QED) is 0.0613. The first-order chi connectivity index (χ1) is 27.7. The average molecular weight is 860 g/mol. The van der Waals surface area contributed by atoms with Crippen LogP contribution in [0.25, 0.3) is 42.3 Å². The van der Waals surface area contributed by atoms with Gasteiger partial charge in [0, 0.05) is 49.0 Å². The van der Waals surface area contributed by atoms with E-state index in [1.54, 1.807) is 19.4 Å². The van der Waals surface area contributed by atoms with Crippen LogP contribution in [0.5, 0.6) is 5.75 Å². The molecule has 2 unspecified atom stereocenters. The fraction of sp³-hybridized carbons (Fsp3) is 0.500. The zero-order chi connectivity index (χ0) is 42.8. The van der Waals surface area contributed by atoms with Crippen LogP contribution in [0, 0.1) is 17.3 Å². The van der Waals surface area contributed by atoms with E-state index in [1.807, 2.05) is 43.9 Å². The van der Waals surface area contributed by atoms with Gasteiger partial charge in [0.1, 0.15) is 35.9 Å². The molecule has 2 aliphatic rings. The van der Waals surface area contributed by atoms with Crippen LogP contribution in [0.15, 0.2) is 41.7 Å². The number of sulfone groups is 1. The van der Waals surface area contributed by atoms with Gasteiger partial charge in [-0.15, -0.1) is 16.9 Å². The van der Waals surface area contributed by atoms with Crippen molar-refractivity contribution >= 4 is 72.2 Å². The van der Waals surface area contributed by atoms with Crippen molar-refractivity contribution in [2.24, 2.45) is 0 Å². The van der Waals surface area contributed by atoms with E-state index in [2.05, 4.69) is 62.9 Å². The molecule has 2 atom stereocenters. The number of thiophene rings is 1. The van der Waals surface area contributed by atoms with E-state index < -0.39 is 29.3 Å². The van der Waals surface area contributed by atoms with Gasteiger partial charge in [-0.2, -0.15) is 0 Å². The van der Waals surface area contributed by atoms with Crippen molar-refractivity contribution in [1.29, 1.82) is 0 Å². The largest absolute Gasteiger partial charge is 0.468 e. The summed E-state index contributed by atoms with van der Waals surface area (Å²) in [6.45, 7) is 19.8. The fourth-order valence-electron chi connectivity index (χ4n) is 9.38. The summed E-state index contributed by atoms with van der Waals surface area (Å²) in [6.07, 6.45) is 4.04. The topological polar surface area (TPSA) is 124 Å². The average Bonchev–Trinajstić information content (AvgIpc) is 3.66. The van der Waals surface area contributed by atoms with Crippen molar-refractivity contribution in [3.63, 3.8) is 0 Å². The monoisotopic (exact) mass is 859 g/mol. The Morgan fingerprint density at radius 3 is 2.25 bits per heavy atom. The lowest BCUT2D eigenvalue weighted by Crippen LogP contribution is -2.57. The van der Waals surface area contributed by atoms with Crippen molar-refractivity contribution in [3.05, 3.63) is 47.9 Å². The molecule has 314 valence electrons. The van der Waals surface area contributed by atoms with Crippen LogP contribution in [0.1, 0.15) is 80.7 Å². The zero-order valence-corrected chi connectivity index (χ0v) is 38.4. The Kier molecular flexibility index (Phi) is 11.5. The number of pyridine rings is 1. The second-order valence-electron chi connectivity index (χ2n) is 17.8. The summed E-state index contributed by atoms with van der Waals surface area (Å²) >= 11 is 1.31. The van der Waals surface area contributed by atoms with E-state index in [1.165, 1.54) is 17.4 Å². The van der Waals surface area contributed by atoms with E-state index in [0.29, 0.717) is 73.7 Å². The number of halogens is 1. The first-order valence-corrected chi connectivity index (χ1v) is 25.2. The Labute approximate surface area is 351 Å². The van der Waals surface area contributed by atoms with Gasteiger partial charge in [-0.05, 0) is 79.9 Å². The zero-order valence-electron chi connectivity index (χ0n) is 35.8. The number of hydrogen-bond acceptors (Lipinski definition) is 11. The molecule has 0 saturated carbocycles. The molecule has 2 aliphatic heterocycles. The lowest BCUT2D eigenvalue weighted by molar-refractivity contribution is 0.0122. The van der Waals surface area contributed by atoms with Crippen LogP contribution >= 0.6 is 11.3 Å². The number of aromatic nitrogens is 3. The van der Waals surface area contributed by atoms with Gasteiger partial charge >= 0.3 is 6.09 Å². The predicted molar refractivity (Wildman–Crippen MR) is 236 cm³/mol. The molecule has 2 fully saturated rings. The molecule has 7 rings (SSSR count). The van der Waals surface area contributed by atoms with Crippen LogP contribution in [0.4, 0.5) is 15.0 Å². The lowest BCUT2D eigenvalue weighted by atomic mass is 9.96.